The molecule has 1 heterocycles. The Morgan fingerprint density at radius 2 is 2.33 bits per heavy atom. The number of nitrogens with two attached hydrogens (primary N) is 1. The third-order valence-electron chi connectivity index (χ3n) is 2.43. The number of nitrogens with one attached hydrogen (secondary N) is 1. The Morgan fingerprint density at radius 1 is 1.67 bits per heavy atom. The Labute approximate surface area is 89.6 Å². The first-order chi connectivity index (χ1) is 7.06. The number of carbonyl (C=O) groups excluding carboxylic acids is 1. The standard InChI is InChI=1S/C10H18N4O/c1-7(2)8(6-11)13-10(15)9-4-5-12-14(9)3/h4-5,7-8H,6,11H2,1-3H3,(H,13,15). The van der Waals surface area contributed by atoms with Gasteiger partial charge in [-0.3, -0.25) is 9.48 Å². The lowest BCUT2D eigenvalue weighted by molar-refractivity contribution is 0.0918. The van der Waals surface area contributed by atoms with Crippen LogP contribution in [-0.2, 0) is 7.05 Å². The molecule has 0 saturated heterocycles. The summed E-state index contributed by atoms with van der Waals surface area (Å²) in [5, 5.41) is 6.82. The molecule has 0 aliphatic rings. The van der Waals surface area contributed by atoms with Crippen LogP contribution >= 0.6 is 0 Å². The third-order valence-corrected chi connectivity index (χ3v) is 2.43. The molecule has 0 radical (unpaired) electrons. The normalized spacial score (nSPS) is 12.9. The van der Waals surface area contributed by atoms with Gasteiger partial charge >= 0.3 is 0 Å². The Balaban J connectivity index is 2.67. The Hall–Kier alpha value is -1.36. The number of rotatable bonds is 4. The van der Waals surface area contributed by atoms with Gasteiger partial charge in [0.25, 0.3) is 5.91 Å². The van der Waals surface area contributed by atoms with Crippen LogP contribution in [0.1, 0.15) is 24.3 Å². The highest BCUT2D eigenvalue weighted by Crippen LogP contribution is 2.02. The van der Waals surface area contributed by atoms with E-state index in [1.54, 1.807) is 24.0 Å². The van der Waals surface area contributed by atoms with Crippen LogP contribution in [0.15, 0.2) is 12.3 Å². The molecule has 15 heavy (non-hydrogen) atoms. The molecule has 0 aromatic carbocycles. The summed E-state index contributed by atoms with van der Waals surface area (Å²) in [6.45, 7) is 4.50. The summed E-state index contributed by atoms with van der Waals surface area (Å²) in [5.41, 5.74) is 6.13. The first-order valence-electron chi connectivity index (χ1n) is 5.05. The van der Waals surface area contributed by atoms with Crippen LogP contribution in [0, 0.1) is 5.92 Å². The fraction of sp³-hybridized carbons (Fsp3) is 0.600. The molecule has 0 aliphatic carbocycles. The van der Waals surface area contributed by atoms with Gasteiger partial charge in [-0.2, -0.15) is 5.10 Å². The van der Waals surface area contributed by atoms with Crippen molar-refractivity contribution in [2.75, 3.05) is 6.54 Å². The van der Waals surface area contributed by atoms with E-state index in [1.165, 1.54) is 0 Å². The summed E-state index contributed by atoms with van der Waals surface area (Å²) in [5.74, 6) is 0.200. The quantitative estimate of drug-likeness (QED) is 0.742. The SMILES string of the molecule is CC(C)C(CN)NC(=O)c1ccnn1C. The average molecular weight is 210 g/mol. The summed E-state index contributed by atoms with van der Waals surface area (Å²) >= 11 is 0. The predicted octanol–water partition coefficient (Wildman–Crippen LogP) is 0.133. The maximum absolute atomic E-state index is 11.8. The van der Waals surface area contributed by atoms with Crippen molar-refractivity contribution in [1.29, 1.82) is 0 Å². The topological polar surface area (TPSA) is 72.9 Å². The lowest BCUT2D eigenvalue weighted by atomic mass is 10.0. The highest BCUT2D eigenvalue weighted by Gasteiger charge is 2.17. The van der Waals surface area contributed by atoms with Crippen molar-refractivity contribution in [3.8, 4) is 0 Å². The molecule has 3 N–H and O–H groups in total. The Morgan fingerprint density at radius 3 is 2.73 bits per heavy atom. The summed E-state index contributed by atoms with van der Waals surface area (Å²) in [7, 11) is 1.74. The van der Waals surface area contributed by atoms with E-state index >= 15 is 0 Å². The maximum atomic E-state index is 11.8. The number of hydrogen-bond donors (Lipinski definition) is 2. The summed E-state index contributed by atoms with van der Waals surface area (Å²) in [6, 6.07) is 1.69. The lowest BCUT2D eigenvalue weighted by Crippen LogP contribution is -2.44. The average Bonchev–Trinajstić information content (AvgIpc) is 2.60. The fourth-order valence-corrected chi connectivity index (χ4v) is 1.34. The van der Waals surface area contributed by atoms with Gasteiger partial charge in [0.15, 0.2) is 0 Å². The van der Waals surface area contributed by atoms with Crippen molar-refractivity contribution in [2.45, 2.75) is 19.9 Å². The van der Waals surface area contributed by atoms with Crippen LogP contribution in [0.25, 0.3) is 0 Å². The largest absolute Gasteiger partial charge is 0.346 e. The van der Waals surface area contributed by atoms with Crippen LogP contribution in [0.2, 0.25) is 0 Å². The van der Waals surface area contributed by atoms with Gasteiger partial charge in [0.1, 0.15) is 5.69 Å². The van der Waals surface area contributed by atoms with Crippen molar-refractivity contribution >= 4 is 5.91 Å². The molecular weight excluding hydrogens is 192 g/mol. The second-order valence-corrected chi connectivity index (χ2v) is 3.90. The van der Waals surface area contributed by atoms with Crippen LogP contribution in [0.3, 0.4) is 0 Å². The molecule has 1 aromatic heterocycles. The van der Waals surface area contributed by atoms with Crippen LogP contribution < -0.4 is 11.1 Å². The number of amides is 1. The monoisotopic (exact) mass is 210 g/mol. The number of nitrogens with zero attached hydrogens (tertiary/aromatic N) is 2. The lowest BCUT2D eigenvalue weighted by Gasteiger charge is -2.20. The van der Waals surface area contributed by atoms with Gasteiger partial charge in [-0.15, -0.1) is 0 Å². The van der Waals surface area contributed by atoms with E-state index in [1.807, 2.05) is 13.8 Å². The molecule has 5 nitrogen and oxygen atoms in total. The second-order valence-electron chi connectivity index (χ2n) is 3.90. The van der Waals surface area contributed by atoms with Crippen LogP contribution in [-0.4, -0.2) is 28.3 Å². The van der Waals surface area contributed by atoms with E-state index in [0.717, 1.165) is 0 Å². The van der Waals surface area contributed by atoms with Gasteiger partial charge in [0, 0.05) is 25.8 Å². The zero-order valence-electron chi connectivity index (χ0n) is 9.40. The molecule has 1 unspecified atom stereocenters. The highest BCUT2D eigenvalue weighted by molar-refractivity contribution is 5.92. The van der Waals surface area contributed by atoms with Gasteiger partial charge in [0.2, 0.25) is 0 Å². The Bertz CT molecular complexity index is 332. The third kappa shape index (κ3) is 2.79. The zero-order valence-corrected chi connectivity index (χ0v) is 9.40. The molecule has 1 aromatic rings. The number of aromatic nitrogens is 2. The molecule has 0 spiro atoms. The minimum absolute atomic E-state index is 0.00685. The molecule has 1 amide bonds. The molecule has 0 fully saturated rings. The molecule has 0 bridgehead atoms. The summed E-state index contributed by atoms with van der Waals surface area (Å²) < 4.78 is 1.54. The Kier molecular flexibility index (Phi) is 3.85. The second kappa shape index (κ2) is 4.93. The smallest absolute Gasteiger partial charge is 0.269 e. The van der Waals surface area contributed by atoms with Gasteiger partial charge in [-0.25, -0.2) is 0 Å². The zero-order chi connectivity index (χ0) is 11.4. The van der Waals surface area contributed by atoms with Crippen LogP contribution in [0.4, 0.5) is 0 Å². The molecule has 0 saturated carbocycles. The van der Waals surface area contributed by atoms with E-state index in [9.17, 15) is 4.79 Å². The van der Waals surface area contributed by atoms with Gasteiger partial charge in [0.05, 0.1) is 0 Å². The molecule has 1 rings (SSSR count). The van der Waals surface area contributed by atoms with E-state index in [2.05, 4.69) is 10.4 Å². The van der Waals surface area contributed by atoms with E-state index in [-0.39, 0.29) is 11.9 Å². The number of aryl methyl sites for hydroxylation is 1. The summed E-state index contributed by atoms with van der Waals surface area (Å²) in [4.78, 5) is 11.8. The van der Waals surface area contributed by atoms with Gasteiger partial charge < -0.3 is 11.1 Å². The van der Waals surface area contributed by atoms with Crippen molar-refractivity contribution < 1.29 is 4.79 Å². The van der Waals surface area contributed by atoms with Crippen molar-refractivity contribution in [3.05, 3.63) is 18.0 Å². The van der Waals surface area contributed by atoms with E-state index in [4.69, 9.17) is 5.73 Å². The fourth-order valence-electron chi connectivity index (χ4n) is 1.34. The van der Waals surface area contributed by atoms with Gasteiger partial charge in [-0.05, 0) is 12.0 Å². The van der Waals surface area contributed by atoms with Crippen LogP contribution in [0.5, 0.6) is 0 Å². The minimum Gasteiger partial charge on any atom is -0.346 e. The van der Waals surface area contributed by atoms with Crippen molar-refractivity contribution in [1.82, 2.24) is 15.1 Å². The number of carbonyl (C=O) groups is 1. The summed E-state index contributed by atoms with van der Waals surface area (Å²) in [6.07, 6.45) is 1.60. The van der Waals surface area contributed by atoms with E-state index in [0.29, 0.717) is 18.2 Å². The molecule has 1 atom stereocenters. The molecule has 0 aliphatic heterocycles. The number of hydrogen-bond acceptors (Lipinski definition) is 3. The minimum atomic E-state index is -0.126. The molecular formula is C10H18N4O. The maximum Gasteiger partial charge on any atom is 0.269 e. The van der Waals surface area contributed by atoms with E-state index < -0.39 is 0 Å². The van der Waals surface area contributed by atoms with Crippen molar-refractivity contribution in [3.63, 3.8) is 0 Å². The highest BCUT2D eigenvalue weighted by atomic mass is 16.2. The van der Waals surface area contributed by atoms with Crippen molar-refractivity contribution in [2.24, 2.45) is 18.7 Å². The first kappa shape index (κ1) is 11.7. The first-order valence-corrected chi connectivity index (χ1v) is 5.05. The van der Waals surface area contributed by atoms with Gasteiger partial charge in [-0.1, -0.05) is 13.8 Å². The molecule has 5 heteroatoms. The predicted molar refractivity (Wildman–Crippen MR) is 58.4 cm³/mol. The molecule has 84 valence electrons.